The Kier molecular flexibility index (Phi) is 4.28. The van der Waals surface area contributed by atoms with Gasteiger partial charge < -0.3 is 5.32 Å². The van der Waals surface area contributed by atoms with Gasteiger partial charge >= 0.3 is 0 Å². The van der Waals surface area contributed by atoms with Crippen LogP contribution in [-0.2, 0) is 17.9 Å². The van der Waals surface area contributed by atoms with Crippen LogP contribution in [0.15, 0.2) is 36.9 Å². The van der Waals surface area contributed by atoms with E-state index in [1.165, 1.54) is 6.33 Å². The zero-order valence-electron chi connectivity index (χ0n) is 11.2. The lowest BCUT2D eigenvalue weighted by atomic mass is 10.1. The van der Waals surface area contributed by atoms with Crippen molar-refractivity contribution in [2.75, 3.05) is 0 Å². The zero-order chi connectivity index (χ0) is 13.7. The summed E-state index contributed by atoms with van der Waals surface area (Å²) >= 11 is 0. The molecule has 0 saturated heterocycles. The molecule has 0 atom stereocenters. The Bertz CT molecular complexity index is 534. The van der Waals surface area contributed by atoms with Gasteiger partial charge in [-0.3, -0.25) is 4.79 Å². The molecule has 5 nitrogen and oxygen atoms in total. The van der Waals surface area contributed by atoms with Gasteiger partial charge in [-0.05, 0) is 11.1 Å². The molecular weight excluding hydrogens is 240 g/mol. The van der Waals surface area contributed by atoms with E-state index in [1.54, 1.807) is 11.0 Å². The Hall–Kier alpha value is -2.17. The van der Waals surface area contributed by atoms with Crippen LogP contribution in [0, 0.1) is 5.92 Å². The maximum Gasteiger partial charge on any atom is 0.222 e. The highest BCUT2D eigenvalue weighted by Crippen LogP contribution is 2.10. The van der Waals surface area contributed by atoms with Gasteiger partial charge in [-0.25, -0.2) is 9.67 Å². The molecule has 1 N–H and O–H groups in total. The van der Waals surface area contributed by atoms with E-state index in [2.05, 4.69) is 15.4 Å². The SMILES string of the molecule is CC(C)C(=O)NCc1ccccc1Cn1cncn1. The molecule has 0 unspecified atom stereocenters. The third kappa shape index (κ3) is 3.64. The summed E-state index contributed by atoms with van der Waals surface area (Å²) < 4.78 is 1.77. The first-order valence-electron chi connectivity index (χ1n) is 6.33. The van der Waals surface area contributed by atoms with Crippen LogP contribution in [0.25, 0.3) is 0 Å². The first-order valence-corrected chi connectivity index (χ1v) is 6.33. The third-order valence-corrected chi connectivity index (χ3v) is 2.89. The average molecular weight is 258 g/mol. The maximum absolute atomic E-state index is 11.6. The van der Waals surface area contributed by atoms with Crippen LogP contribution < -0.4 is 5.32 Å². The van der Waals surface area contributed by atoms with E-state index in [0.717, 1.165) is 11.1 Å². The van der Waals surface area contributed by atoms with Crippen molar-refractivity contribution in [1.82, 2.24) is 20.1 Å². The highest BCUT2D eigenvalue weighted by molar-refractivity contribution is 5.77. The summed E-state index contributed by atoms with van der Waals surface area (Å²) in [5.74, 6) is 0.0676. The predicted octanol–water partition coefficient (Wildman–Crippen LogP) is 1.60. The average Bonchev–Trinajstić information content (AvgIpc) is 2.90. The molecule has 0 aliphatic rings. The second kappa shape index (κ2) is 6.13. The van der Waals surface area contributed by atoms with Crippen molar-refractivity contribution in [2.45, 2.75) is 26.9 Å². The quantitative estimate of drug-likeness (QED) is 0.886. The number of nitrogens with zero attached hydrogens (tertiary/aromatic N) is 3. The molecule has 2 rings (SSSR count). The molecule has 1 heterocycles. The summed E-state index contributed by atoms with van der Waals surface area (Å²) in [5, 5.41) is 7.03. The number of amides is 1. The fourth-order valence-electron chi connectivity index (χ4n) is 1.76. The predicted molar refractivity (Wildman–Crippen MR) is 72.3 cm³/mol. The minimum absolute atomic E-state index is 0.00229. The molecule has 0 spiro atoms. The van der Waals surface area contributed by atoms with Crippen molar-refractivity contribution in [3.05, 3.63) is 48.0 Å². The number of carbonyl (C=O) groups is 1. The standard InChI is InChI=1S/C14H18N4O/c1-11(2)14(19)16-7-12-5-3-4-6-13(12)8-18-10-15-9-17-18/h3-6,9-11H,7-8H2,1-2H3,(H,16,19). The smallest absolute Gasteiger partial charge is 0.222 e. The number of hydrogen-bond donors (Lipinski definition) is 1. The topological polar surface area (TPSA) is 59.8 Å². The fourth-order valence-corrected chi connectivity index (χ4v) is 1.76. The summed E-state index contributed by atoms with van der Waals surface area (Å²) in [6, 6.07) is 8.02. The summed E-state index contributed by atoms with van der Waals surface area (Å²) in [6.07, 6.45) is 3.20. The Morgan fingerprint density at radius 1 is 1.32 bits per heavy atom. The molecule has 2 aromatic rings. The molecule has 19 heavy (non-hydrogen) atoms. The lowest BCUT2D eigenvalue weighted by Crippen LogP contribution is -2.27. The number of nitrogens with one attached hydrogen (secondary N) is 1. The monoisotopic (exact) mass is 258 g/mol. The minimum Gasteiger partial charge on any atom is -0.352 e. The fraction of sp³-hybridized carbons (Fsp3) is 0.357. The summed E-state index contributed by atoms with van der Waals surface area (Å²) in [7, 11) is 0. The van der Waals surface area contributed by atoms with Gasteiger partial charge in [-0.1, -0.05) is 38.1 Å². The molecule has 0 bridgehead atoms. The minimum atomic E-state index is 0.00229. The van der Waals surface area contributed by atoms with Gasteiger partial charge in [0.1, 0.15) is 12.7 Å². The Balaban J connectivity index is 2.06. The van der Waals surface area contributed by atoms with Crippen LogP contribution in [0.3, 0.4) is 0 Å². The van der Waals surface area contributed by atoms with Crippen molar-refractivity contribution >= 4 is 5.91 Å². The molecule has 100 valence electrons. The highest BCUT2D eigenvalue weighted by Gasteiger charge is 2.08. The zero-order valence-corrected chi connectivity index (χ0v) is 11.2. The van der Waals surface area contributed by atoms with E-state index in [0.29, 0.717) is 13.1 Å². The molecule has 1 aromatic carbocycles. The summed E-state index contributed by atoms with van der Waals surface area (Å²) in [6.45, 7) is 4.98. The summed E-state index contributed by atoms with van der Waals surface area (Å²) in [4.78, 5) is 15.5. The molecule has 1 aromatic heterocycles. The number of rotatable bonds is 5. The molecule has 5 heteroatoms. The molecule has 1 amide bonds. The van der Waals surface area contributed by atoms with Gasteiger partial charge in [0.25, 0.3) is 0 Å². The van der Waals surface area contributed by atoms with Crippen molar-refractivity contribution in [3.8, 4) is 0 Å². The normalized spacial score (nSPS) is 10.7. The summed E-state index contributed by atoms with van der Waals surface area (Å²) in [5.41, 5.74) is 2.24. The van der Waals surface area contributed by atoms with Crippen LogP contribution >= 0.6 is 0 Å². The second-order valence-corrected chi connectivity index (χ2v) is 4.73. The first-order chi connectivity index (χ1) is 9.16. The van der Waals surface area contributed by atoms with E-state index < -0.39 is 0 Å². The Labute approximate surface area is 112 Å². The lowest BCUT2D eigenvalue weighted by Gasteiger charge is -2.11. The third-order valence-electron chi connectivity index (χ3n) is 2.89. The molecule has 0 aliphatic carbocycles. The van der Waals surface area contributed by atoms with E-state index in [-0.39, 0.29) is 11.8 Å². The van der Waals surface area contributed by atoms with Gasteiger partial charge in [-0.15, -0.1) is 0 Å². The molecule has 0 radical (unpaired) electrons. The van der Waals surface area contributed by atoms with Gasteiger partial charge in [0.15, 0.2) is 0 Å². The molecular formula is C14H18N4O. The van der Waals surface area contributed by atoms with Crippen LogP contribution in [0.1, 0.15) is 25.0 Å². The van der Waals surface area contributed by atoms with Gasteiger partial charge in [-0.2, -0.15) is 5.10 Å². The Morgan fingerprint density at radius 3 is 2.68 bits per heavy atom. The van der Waals surface area contributed by atoms with E-state index in [9.17, 15) is 4.79 Å². The van der Waals surface area contributed by atoms with Crippen molar-refractivity contribution in [3.63, 3.8) is 0 Å². The highest BCUT2D eigenvalue weighted by atomic mass is 16.1. The second-order valence-electron chi connectivity index (χ2n) is 4.73. The van der Waals surface area contributed by atoms with Crippen LogP contribution in [-0.4, -0.2) is 20.7 Å². The number of carbonyl (C=O) groups excluding carboxylic acids is 1. The maximum atomic E-state index is 11.6. The van der Waals surface area contributed by atoms with E-state index in [4.69, 9.17) is 0 Å². The van der Waals surface area contributed by atoms with E-state index >= 15 is 0 Å². The largest absolute Gasteiger partial charge is 0.352 e. The number of hydrogen-bond acceptors (Lipinski definition) is 3. The first kappa shape index (κ1) is 13.3. The van der Waals surface area contributed by atoms with Crippen molar-refractivity contribution in [2.24, 2.45) is 5.92 Å². The lowest BCUT2D eigenvalue weighted by molar-refractivity contribution is -0.124. The van der Waals surface area contributed by atoms with Crippen molar-refractivity contribution < 1.29 is 4.79 Å². The van der Waals surface area contributed by atoms with Crippen LogP contribution in [0.4, 0.5) is 0 Å². The molecule has 0 fully saturated rings. The Morgan fingerprint density at radius 2 is 2.05 bits per heavy atom. The number of aromatic nitrogens is 3. The van der Waals surface area contributed by atoms with Crippen LogP contribution in [0.5, 0.6) is 0 Å². The molecule has 0 aliphatic heterocycles. The van der Waals surface area contributed by atoms with Crippen molar-refractivity contribution in [1.29, 1.82) is 0 Å². The van der Waals surface area contributed by atoms with Gasteiger partial charge in [0.2, 0.25) is 5.91 Å². The number of benzene rings is 1. The van der Waals surface area contributed by atoms with E-state index in [1.807, 2.05) is 38.1 Å². The molecule has 0 saturated carbocycles. The van der Waals surface area contributed by atoms with Gasteiger partial charge in [0, 0.05) is 12.5 Å². The van der Waals surface area contributed by atoms with Crippen LogP contribution in [0.2, 0.25) is 0 Å². The van der Waals surface area contributed by atoms with Gasteiger partial charge in [0.05, 0.1) is 6.54 Å².